The molecule has 2 heterocycles. The Morgan fingerprint density at radius 3 is 2.21 bits per heavy atom. The molecule has 1 aliphatic carbocycles. The van der Waals surface area contributed by atoms with Crippen molar-refractivity contribution in [2.75, 3.05) is 46.0 Å². The largest absolute Gasteiger partial charge is 0.339 e. The summed E-state index contributed by atoms with van der Waals surface area (Å²) in [5, 5.41) is 1.18. The second-order valence-corrected chi connectivity index (χ2v) is 12.9. The lowest BCUT2D eigenvalue weighted by molar-refractivity contribution is 0.0981. The number of fused-ring (bicyclic) bond motifs is 1. The molecule has 1 N–H and O–H groups in total. The first-order valence-corrected chi connectivity index (χ1v) is 15.6. The Morgan fingerprint density at radius 2 is 1.47 bits per heavy atom. The predicted molar refractivity (Wildman–Crippen MR) is 154 cm³/mol. The van der Waals surface area contributed by atoms with Gasteiger partial charge in [0.25, 0.3) is 5.91 Å². The number of sulfonamides is 1. The summed E-state index contributed by atoms with van der Waals surface area (Å²) in [6.45, 7) is 4.10. The highest BCUT2D eigenvalue weighted by Crippen LogP contribution is 2.44. The van der Waals surface area contributed by atoms with Crippen LogP contribution in [0.1, 0.15) is 60.4 Å². The molecule has 7 nitrogen and oxygen atoms in total. The van der Waals surface area contributed by atoms with E-state index < -0.39 is 15.9 Å². The third-order valence-electron chi connectivity index (χ3n) is 8.20. The summed E-state index contributed by atoms with van der Waals surface area (Å²) in [6, 6.07) is 16.3. The monoisotopic (exact) mass is 536 g/mol. The van der Waals surface area contributed by atoms with E-state index in [4.69, 9.17) is 0 Å². The topological polar surface area (TPSA) is 74.6 Å². The van der Waals surface area contributed by atoms with Gasteiger partial charge in [-0.15, -0.1) is 0 Å². The van der Waals surface area contributed by atoms with Gasteiger partial charge in [0.15, 0.2) is 0 Å². The molecule has 2 aromatic carbocycles. The Labute approximate surface area is 226 Å². The molecule has 2 bridgehead atoms. The molecule has 1 saturated carbocycles. The van der Waals surface area contributed by atoms with Crippen molar-refractivity contribution in [2.24, 2.45) is 0 Å². The van der Waals surface area contributed by atoms with Crippen LogP contribution in [0.4, 0.5) is 0 Å². The summed E-state index contributed by atoms with van der Waals surface area (Å²) in [5.74, 6) is -0.150. The Bertz CT molecular complexity index is 1380. The van der Waals surface area contributed by atoms with Crippen LogP contribution in [0.3, 0.4) is 0 Å². The van der Waals surface area contributed by atoms with Gasteiger partial charge < -0.3 is 14.4 Å². The number of nitrogens with one attached hydrogen (secondary N) is 1. The van der Waals surface area contributed by atoms with Crippen LogP contribution >= 0.6 is 0 Å². The molecule has 8 heteroatoms. The molecule has 0 spiro atoms. The van der Waals surface area contributed by atoms with Gasteiger partial charge >= 0.3 is 0 Å². The van der Waals surface area contributed by atoms with E-state index in [2.05, 4.69) is 50.4 Å². The molecule has 3 aromatic rings. The van der Waals surface area contributed by atoms with Crippen molar-refractivity contribution in [1.29, 1.82) is 0 Å². The van der Waals surface area contributed by atoms with Gasteiger partial charge in [0, 0.05) is 42.6 Å². The highest BCUT2D eigenvalue weighted by atomic mass is 32.2. The first kappa shape index (κ1) is 26.9. The minimum Gasteiger partial charge on any atom is -0.339 e. The summed E-state index contributed by atoms with van der Waals surface area (Å²) in [6.07, 6.45) is 6.58. The number of carbonyl (C=O) groups excluding carboxylic acids is 1. The molecule has 0 atom stereocenters. The standard InChI is InChI=1S/C30H40N4O3S/c1-32-16-9-21-38(36,37)31-30(35)25-14-15-26-27(22-25)34(20-19-33(2)18-17-32)29(24-12-7-4-8-13-24)28(26)23-10-5-3-6-11-23/h4,7-8,12-15,22-23H,3,5-6,9-11,16-21H2,1-2H3,(H,31,35). The van der Waals surface area contributed by atoms with Gasteiger partial charge in [-0.2, -0.15) is 0 Å². The smallest absolute Gasteiger partial charge is 0.264 e. The van der Waals surface area contributed by atoms with E-state index in [1.165, 1.54) is 54.3 Å². The van der Waals surface area contributed by atoms with Crippen molar-refractivity contribution in [3.8, 4) is 11.3 Å². The Balaban J connectivity index is 1.67. The average Bonchev–Trinajstić information content (AvgIpc) is 3.24. The van der Waals surface area contributed by atoms with E-state index >= 15 is 0 Å². The molecule has 204 valence electrons. The normalized spacial score (nSPS) is 21.1. The van der Waals surface area contributed by atoms with Crippen LogP contribution in [-0.4, -0.2) is 74.7 Å². The Hall–Kier alpha value is -2.68. The van der Waals surface area contributed by atoms with Crippen LogP contribution in [0.25, 0.3) is 22.2 Å². The van der Waals surface area contributed by atoms with Crippen molar-refractivity contribution >= 4 is 26.8 Å². The summed E-state index contributed by atoms with van der Waals surface area (Å²) < 4.78 is 30.1. The lowest BCUT2D eigenvalue weighted by Crippen LogP contribution is -2.36. The Morgan fingerprint density at radius 1 is 0.789 bits per heavy atom. The van der Waals surface area contributed by atoms with Crippen LogP contribution in [-0.2, 0) is 16.6 Å². The fraction of sp³-hybridized carbons (Fsp3) is 0.500. The second kappa shape index (κ2) is 11.6. The maximum atomic E-state index is 13.1. The average molecular weight is 537 g/mol. The van der Waals surface area contributed by atoms with Crippen molar-refractivity contribution in [2.45, 2.75) is 51.0 Å². The second-order valence-electron chi connectivity index (χ2n) is 11.1. The lowest BCUT2D eigenvalue weighted by Gasteiger charge is -2.25. The molecule has 1 aliphatic heterocycles. The van der Waals surface area contributed by atoms with Crippen molar-refractivity contribution < 1.29 is 13.2 Å². The third-order valence-corrected chi connectivity index (χ3v) is 9.52. The molecule has 38 heavy (non-hydrogen) atoms. The van der Waals surface area contributed by atoms with Gasteiger partial charge in [-0.25, -0.2) is 13.1 Å². The minimum atomic E-state index is -3.71. The van der Waals surface area contributed by atoms with E-state index in [9.17, 15) is 13.2 Å². The lowest BCUT2D eigenvalue weighted by atomic mass is 9.82. The van der Waals surface area contributed by atoms with Crippen molar-refractivity contribution in [3.05, 3.63) is 59.7 Å². The fourth-order valence-electron chi connectivity index (χ4n) is 6.07. The van der Waals surface area contributed by atoms with Gasteiger partial charge in [-0.3, -0.25) is 4.79 Å². The number of likely N-dealkylation sites (N-methyl/N-ethyl adjacent to an activating group) is 2. The molecule has 1 amide bonds. The van der Waals surface area contributed by atoms with Gasteiger partial charge in [-0.1, -0.05) is 55.7 Å². The number of amides is 1. The zero-order chi connectivity index (χ0) is 26.7. The van der Waals surface area contributed by atoms with Crippen molar-refractivity contribution in [1.82, 2.24) is 19.1 Å². The highest BCUT2D eigenvalue weighted by molar-refractivity contribution is 7.90. The number of benzene rings is 2. The first-order chi connectivity index (χ1) is 18.3. The SMILES string of the molecule is CN1CCCS(=O)(=O)NC(=O)c2ccc3c(C4CCCCC4)c(-c4ccccc4)n(c3c2)CCN(C)CC1. The molecule has 1 aromatic heterocycles. The number of aromatic nitrogens is 1. The molecule has 2 aliphatic rings. The molecule has 1 fully saturated rings. The van der Waals surface area contributed by atoms with Gasteiger partial charge in [0.2, 0.25) is 10.0 Å². The zero-order valence-electron chi connectivity index (χ0n) is 22.7. The number of hydrogen-bond donors (Lipinski definition) is 1. The minimum absolute atomic E-state index is 0.0679. The summed E-state index contributed by atoms with van der Waals surface area (Å²) >= 11 is 0. The highest BCUT2D eigenvalue weighted by Gasteiger charge is 2.27. The van der Waals surface area contributed by atoms with Crippen LogP contribution in [0.15, 0.2) is 48.5 Å². The molecular weight excluding hydrogens is 496 g/mol. The van der Waals surface area contributed by atoms with Gasteiger partial charge in [-0.05, 0) is 69.1 Å². The molecule has 0 unspecified atom stereocenters. The number of rotatable bonds is 2. The van der Waals surface area contributed by atoms with E-state index in [1.807, 2.05) is 25.2 Å². The maximum Gasteiger partial charge on any atom is 0.264 e. The summed E-state index contributed by atoms with van der Waals surface area (Å²) in [5.41, 5.74) is 5.20. The van der Waals surface area contributed by atoms with E-state index in [0.717, 1.165) is 31.7 Å². The quantitative estimate of drug-likeness (QED) is 0.515. The molecule has 5 rings (SSSR count). The van der Waals surface area contributed by atoms with E-state index in [1.54, 1.807) is 6.07 Å². The first-order valence-electron chi connectivity index (χ1n) is 14.0. The van der Waals surface area contributed by atoms with Crippen LogP contribution < -0.4 is 4.72 Å². The van der Waals surface area contributed by atoms with Crippen LogP contribution in [0.2, 0.25) is 0 Å². The Kier molecular flexibility index (Phi) is 8.21. The number of hydrogen-bond acceptors (Lipinski definition) is 5. The van der Waals surface area contributed by atoms with Gasteiger partial charge in [0.05, 0.1) is 11.4 Å². The number of nitrogens with zero attached hydrogens (tertiary/aromatic N) is 3. The summed E-state index contributed by atoms with van der Waals surface area (Å²) in [7, 11) is 0.457. The summed E-state index contributed by atoms with van der Waals surface area (Å²) in [4.78, 5) is 17.6. The maximum absolute atomic E-state index is 13.1. The van der Waals surface area contributed by atoms with E-state index in [-0.39, 0.29) is 5.75 Å². The fourth-order valence-corrected chi connectivity index (χ4v) is 7.08. The molecular formula is C30H40N4O3S. The third kappa shape index (κ3) is 5.98. The molecule has 0 saturated heterocycles. The van der Waals surface area contributed by atoms with Crippen LogP contribution in [0.5, 0.6) is 0 Å². The predicted octanol–water partition coefficient (Wildman–Crippen LogP) is 4.68. The van der Waals surface area contributed by atoms with Crippen LogP contribution in [0, 0.1) is 0 Å². The zero-order valence-corrected chi connectivity index (χ0v) is 23.5. The molecule has 0 radical (unpaired) electrons. The number of carbonyl (C=O) groups is 1. The van der Waals surface area contributed by atoms with E-state index in [0.29, 0.717) is 24.4 Å². The van der Waals surface area contributed by atoms with Crippen molar-refractivity contribution in [3.63, 3.8) is 0 Å². The van der Waals surface area contributed by atoms with Gasteiger partial charge in [0.1, 0.15) is 0 Å².